The Hall–Kier alpha value is -3.80. The Bertz CT molecular complexity index is 1360. The Morgan fingerprint density at radius 1 is 1.03 bits per heavy atom. The number of nitrogens with zero attached hydrogens (tertiary/aromatic N) is 4. The molecule has 0 saturated carbocycles. The van der Waals surface area contributed by atoms with Gasteiger partial charge in [-0.15, -0.1) is 0 Å². The first-order chi connectivity index (χ1) is 16.4. The van der Waals surface area contributed by atoms with Crippen molar-refractivity contribution in [2.75, 3.05) is 13.1 Å². The predicted molar refractivity (Wildman–Crippen MR) is 133 cm³/mol. The number of rotatable bonds is 4. The Morgan fingerprint density at radius 3 is 2.41 bits per heavy atom. The van der Waals surface area contributed by atoms with Crippen molar-refractivity contribution in [2.24, 2.45) is 11.8 Å². The van der Waals surface area contributed by atoms with Gasteiger partial charge in [0.1, 0.15) is 0 Å². The molecule has 0 spiro atoms. The Kier molecular flexibility index (Phi) is 5.74. The van der Waals surface area contributed by atoms with Gasteiger partial charge < -0.3 is 4.90 Å². The third-order valence-electron chi connectivity index (χ3n) is 6.68. The number of aromatic nitrogens is 3. The van der Waals surface area contributed by atoms with E-state index in [1.54, 1.807) is 23.2 Å². The van der Waals surface area contributed by atoms with Gasteiger partial charge in [-0.05, 0) is 48.4 Å². The highest BCUT2D eigenvalue weighted by molar-refractivity contribution is 6.03. The van der Waals surface area contributed by atoms with E-state index < -0.39 is 0 Å². The maximum absolute atomic E-state index is 13.3. The average Bonchev–Trinajstić information content (AvgIpc) is 3.21. The first-order valence-electron chi connectivity index (χ1n) is 11.7. The molecule has 5 rings (SSSR count). The molecule has 0 aliphatic carbocycles. The third kappa shape index (κ3) is 4.00. The number of carbonyl (C=O) groups is 2. The molecular formula is C28H28N4O2. The van der Waals surface area contributed by atoms with Crippen LogP contribution in [-0.2, 0) is 0 Å². The first kappa shape index (κ1) is 22.0. The summed E-state index contributed by atoms with van der Waals surface area (Å²) in [6, 6.07) is 13.6. The lowest BCUT2D eigenvalue weighted by molar-refractivity contribution is 0.0623. The minimum Gasteiger partial charge on any atom is -0.338 e. The molecule has 0 N–H and O–H groups in total. The molecule has 34 heavy (non-hydrogen) atoms. The van der Waals surface area contributed by atoms with E-state index in [1.165, 1.54) is 0 Å². The summed E-state index contributed by atoms with van der Waals surface area (Å²) < 4.78 is 1.79. The van der Waals surface area contributed by atoms with E-state index in [1.807, 2.05) is 41.3 Å². The van der Waals surface area contributed by atoms with Crippen molar-refractivity contribution in [1.29, 1.82) is 0 Å². The molecule has 3 heterocycles. The van der Waals surface area contributed by atoms with Crippen molar-refractivity contribution >= 4 is 23.1 Å². The first-order valence-corrected chi connectivity index (χ1v) is 11.7. The summed E-state index contributed by atoms with van der Waals surface area (Å²) in [6.07, 6.45) is 7.30. The van der Waals surface area contributed by atoms with Crippen LogP contribution in [0.2, 0.25) is 0 Å². The zero-order chi connectivity index (χ0) is 23.8. The fourth-order valence-corrected chi connectivity index (χ4v) is 5.14. The van der Waals surface area contributed by atoms with E-state index in [9.17, 15) is 9.59 Å². The SMILES string of the molecule is Cc1ccccc1-c1cnc(-n2cc(C=O)c3ccc(C(=O)N4CC(C)CC(C)C4)cc32)nc1. The lowest BCUT2D eigenvalue weighted by Crippen LogP contribution is -2.42. The van der Waals surface area contributed by atoms with Crippen LogP contribution in [0.4, 0.5) is 0 Å². The zero-order valence-electron chi connectivity index (χ0n) is 19.7. The molecule has 2 aromatic carbocycles. The van der Waals surface area contributed by atoms with Gasteiger partial charge in [-0.25, -0.2) is 9.97 Å². The van der Waals surface area contributed by atoms with Gasteiger partial charge in [-0.2, -0.15) is 0 Å². The van der Waals surface area contributed by atoms with E-state index in [0.29, 0.717) is 28.9 Å². The highest BCUT2D eigenvalue weighted by Gasteiger charge is 2.26. The average molecular weight is 453 g/mol. The second-order valence-electron chi connectivity index (χ2n) is 9.55. The summed E-state index contributed by atoms with van der Waals surface area (Å²) in [5.41, 5.74) is 5.06. The Morgan fingerprint density at radius 2 is 1.74 bits per heavy atom. The molecule has 1 aliphatic heterocycles. The molecule has 1 aliphatic rings. The standard InChI is InChI=1S/C28H28N4O2/c1-18-10-19(2)15-31(14-18)27(34)21-8-9-25-23(17-33)16-32(26(25)11-21)28-29-12-22(13-30-28)24-7-5-4-6-20(24)3/h4-9,11-13,16-19H,10,14-15H2,1-3H3. The van der Waals surface area contributed by atoms with Gasteiger partial charge in [-0.3, -0.25) is 14.2 Å². The molecule has 0 radical (unpaired) electrons. The fraction of sp³-hybridized carbons (Fsp3) is 0.286. The number of hydrogen-bond acceptors (Lipinski definition) is 4. The molecule has 1 saturated heterocycles. The topological polar surface area (TPSA) is 68.1 Å². The third-order valence-corrected chi connectivity index (χ3v) is 6.68. The summed E-state index contributed by atoms with van der Waals surface area (Å²) in [6.45, 7) is 7.98. The van der Waals surface area contributed by atoms with Crippen LogP contribution < -0.4 is 0 Å². The molecular weight excluding hydrogens is 424 g/mol. The maximum atomic E-state index is 13.3. The van der Waals surface area contributed by atoms with E-state index in [2.05, 4.69) is 36.8 Å². The van der Waals surface area contributed by atoms with Gasteiger partial charge in [0.2, 0.25) is 5.95 Å². The minimum atomic E-state index is 0.0246. The smallest absolute Gasteiger partial charge is 0.253 e. The van der Waals surface area contributed by atoms with Crippen LogP contribution in [0.5, 0.6) is 0 Å². The van der Waals surface area contributed by atoms with E-state index in [4.69, 9.17) is 0 Å². The number of benzene rings is 2. The number of aryl methyl sites for hydroxylation is 1. The van der Waals surface area contributed by atoms with Crippen molar-refractivity contribution in [3.8, 4) is 17.1 Å². The van der Waals surface area contributed by atoms with Gasteiger partial charge >= 0.3 is 0 Å². The number of aldehydes is 1. The molecule has 2 aromatic heterocycles. The predicted octanol–water partition coefficient (Wildman–Crippen LogP) is 5.33. The molecule has 6 heteroatoms. The van der Waals surface area contributed by atoms with Crippen LogP contribution in [-0.4, -0.2) is 44.7 Å². The number of piperidine rings is 1. The summed E-state index contributed by atoms with van der Waals surface area (Å²) in [5.74, 6) is 1.46. The second kappa shape index (κ2) is 8.86. The highest BCUT2D eigenvalue weighted by Crippen LogP contribution is 2.28. The summed E-state index contributed by atoms with van der Waals surface area (Å²) in [7, 11) is 0. The number of hydrogen-bond donors (Lipinski definition) is 0. The summed E-state index contributed by atoms with van der Waals surface area (Å²) >= 11 is 0. The lowest BCUT2D eigenvalue weighted by atomic mass is 9.91. The van der Waals surface area contributed by atoms with Gasteiger partial charge in [0.15, 0.2) is 6.29 Å². The zero-order valence-corrected chi connectivity index (χ0v) is 19.7. The van der Waals surface area contributed by atoms with Crippen molar-refractivity contribution < 1.29 is 9.59 Å². The van der Waals surface area contributed by atoms with E-state index in [-0.39, 0.29) is 5.91 Å². The second-order valence-corrected chi connectivity index (χ2v) is 9.55. The van der Waals surface area contributed by atoms with Crippen molar-refractivity contribution in [3.05, 3.63) is 77.7 Å². The van der Waals surface area contributed by atoms with Crippen molar-refractivity contribution in [2.45, 2.75) is 27.2 Å². The quantitative estimate of drug-likeness (QED) is 0.393. The molecule has 2 unspecified atom stereocenters. The van der Waals surface area contributed by atoms with Crippen LogP contribution >= 0.6 is 0 Å². The lowest BCUT2D eigenvalue weighted by Gasteiger charge is -2.35. The summed E-state index contributed by atoms with van der Waals surface area (Å²) in [4.78, 5) is 36.2. The minimum absolute atomic E-state index is 0.0246. The van der Waals surface area contributed by atoms with Crippen LogP contribution in [0, 0.1) is 18.8 Å². The number of likely N-dealkylation sites (tertiary alicyclic amines) is 1. The van der Waals surface area contributed by atoms with Gasteiger partial charge in [-0.1, -0.05) is 44.2 Å². The molecule has 6 nitrogen and oxygen atoms in total. The van der Waals surface area contributed by atoms with Gasteiger partial charge in [0.25, 0.3) is 5.91 Å². The molecule has 172 valence electrons. The van der Waals surface area contributed by atoms with Crippen molar-refractivity contribution in [1.82, 2.24) is 19.4 Å². The fourth-order valence-electron chi connectivity index (χ4n) is 5.14. The maximum Gasteiger partial charge on any atom is 0.253 e. The number of fused-ring (bicyclic) bond motifs is 1. The van der Waals surface area contributed by atoms with Crippen LogP contribution in [0.1, 0.15) is 46.5 Å². The van der Waals surface area contributed by atoms with Gasteiger partial charge in [0.05, 0.1) is 5.52 Å². The van der Waals surface area contributed by atoms with E-state index in [0.717, 1.165) is 53.4 Å². The monoisotopic (exact) mass is 452 g/mol. The highest BCUT2D eigenvalue weighted by atomic mass is 16.2. The van der Waals surface area contributed by atoms with Crippen molar-refractivity contribution in [3.63, 3.8) is 0 Å². The van der Waals surface area contributed by atoms with Gasteiger partial charge in [0, 0.05) is 53.8 Å². The van der Waals surface area contributed by atoms with Crippen LogP contribution in [0.15, 0.2) is 61.1 Å². The molecule has 4 aromatic rings. The van der Waals surface area contributed by atoms with Crippen LogP contribution in [0.25, 0.3) is 28.0 Å². The van der Waals surface area contributed by atoms with E-state index >= 15 is 0 Å². The molecule has 1 fully saturated rings. The normalized spacial score (nSPS) is 18.3. The Balaban J connectivity index is 1.53. The molecule has 1 amide bonds. The number of amides is 1. The molecule has 0 bridgehead atoms. The van der Waals surface area contributed by atoms with Crippen LogP contribution in [0.3, 0.4) is 0 Å². The number of carbonyl (C=O) groups excluding carboxylic acids is 2. The summed E-state index contributed by atoms with van der Waals surface area (Å²) in [5, 5.41) is 0.776. The molecule has 2 atom stereocenters. The largest absolute Gasteiger partial charge is 0.338 e. The Labute approximate surface area is 199 Å².